The zero-order valence-corrected chi connectivity index (χ0v) is 8.88. The standard InChI is InChI=1S/C10H18O4.2CH4/c1-9(11)5-3-6-10(12)14-8-4-7-13-2;;/h3-8H2,1-2H3;2*1H4. The summed E-state index contributed by atoms with van der Waals surface area (Å²) in [6.45, 7) is 2.51. The Bertz CT molecular complexity index is 178. The first kappa shape index (κ1) is 20.5. The molecule has 0 N–H and O–H groups in total. The van der Waals surface area contributed by atoms with E-state index in [1.54, 1.807) is 7.11 Å². The lowest BCUT2D eigenvalue weighted by atomic mass is 10.2. The van der Waals surface area contributed by atoms with Crippen molar-refractivity contribution in [1.82, 2.24) is 0 Å². The van der Waals surface area contributed by atoms with Crippen LogP contribution >= 0.6 is 0 Å². The third-order valence-electron chi connectivity index (χ3n) is 1.67. The van der Waals surface area contributed by atoms with E-state index in [9.17, 15) is 9.59 Å². The predicted octanol–water partition coefficient (Wildman–Crippen LogP) is 2.60. The van der Waals surface area contributed by atoms with Crippen molar-refractivity contribution in [2.24, 2.45) is 0 Å². The Morgan fingerprint density at radius 1 is 1.00 bits per heavy atom. The van der Waals surface area contributed by atoms with Crippen molar-refractivity contribution in [3.63, 3.8) is 0 Å². The highest BCUT2D eigenvalue weighted by atomic mass is 16.5. The molecule has 0 aliphatic heterocycles. The molecule has 0 amide bonds. The fraction of sp³-hybridized carbons (Fsp3) is 0.833. The second kappa shape index (κ2) is 14.1. The van der Waals surface area contributed by atoms with E-state index in [1.165, 1.54) is 6.92 Å². The van der Waals surface area contributed by atoms with Gasteiger partial charge in [-0.05, 0) is 13.3 Å². The number of ether oxygens (including phenoxy) is 2. The van der Waals surface area contributed by atoms with E-state index in [1.807, 2.05) is 0 Å². The maximum atomic E-state index is 11.0. The molecule has 0 saturated heterocycles. The summed E-state index contributed by atoms with van der Waals surface area (Å²) in [7, 11) is 1.61. The van der Waals surface area contributed by atoms with Crippen molar-refractivity contribution < 1.29 is 19.1 Å². The van der Waals surface area contributed by atoms with Gasteiger partial charge in [-0.2, -0.15) is 0 Å². The van der Waals surface area contributed by atoms with Gasteiger partial charge < -0.3 is 14.3 Å². The van der Waals surface area contributed by atoms with Crippen LogP contribution in [0.4, 0.5) is 0 Å². The van der Waals surface area contributed by atoms with E-state index in [-0.39, 0.29) is 26.6 Å². The molecular weight excluding hydrogens is 208 g/mol. The molecule has 0 aromatic heterocycles. The van der Waals surface area contributed by atoms with E-state index in [4.69, 9.17) is 9.47 Å². The third-order valence-corrected chi connectivity index (χ3v) is 1.67. The van der Waals surface area contributed by atoms with E-state index < -0.39 is 0 Å². The van der Waals surface area contributed by atoms with Gasteiger partial charge in [0.1, 0.15) is 5.78 Å². The summed E-state index contributed by atoms with van der Waals surface area (Å²) < 4.78 is 9.70. The summed E-state index contributed by atoms with van der Waals surface area (Å²) in [6.07, 6.45) is 2.08. The Morgan fingerprint density at radius 2 is 1.62 bits per heavy atom. The molecule has 0 spiro atoms. The van der Waals surface area contributed by atoms with Gasteiger partial charge in [0.05, 0.1) is 6.61 Å². The van der Waals surface area contributed by atoms with E-state index in [0.29, 0.717) is 32.5 Å². The first-order valence-corrected chi connectivity index (χ1v) is 4.81. The van der Waals surface area contributed by atoms with Gasteiger partial charge >= 0.3 is 5.97 Å². The molecule has 4 nitrogen and oxygen atoms in total. The second-order valence-electron chi connectivity index (χ2n) is 3.12. The Morgan fingerprint density at radius 3 is 2.12 bits per heavy atom. The molecule has 0 aliphatic rings. The maximum absolute atomic E-state index is 11.0. The fourth-order valence-electron chi connectivity index (χ4n) is 0.943. The topological polar surface area (TPSA) is 52.6 Å². The van der Waals surface area contributed by atoms with Gasteiger partial charge in [-0.15, -0.1) is 0 Å². The molecule has 0 bridgehead atoms. The summed E-state index contributed by atoms with van der Waals surface area (Å²) in [5, 5.41) is 0. The van der Waals surface area contributed by atoms with Gasteiger partial charge in [0.25, 0.3) is 0 Å². The molecule has 0 radical (unpaired) electrons. The van der Waals surface area contributed by atoms with Crippen molar-refractivity contribution in [2.75, 3.05) is 20.3 Å². The normalized spacial score (nSPS) is 8.62. The second-order valence-corrected chi connectivity index (χ2v) is 3.12. The predicted molar refractivity (Wildman–Crippen MR) is 65.4 cm³/mol. The quantitative estimate of drug-likeness (QED) is 0.478. The lowest BCUT2D eigenvalue weighted by Crippen LogP contribution is -2.07. The van der Waals surface area contributed by atoms with Crippen LogP contribution in [0, 0.1) is 0 Å². The molecule has 4 heteroatoms. The van der Waals surface area contributed by atoms with Crippen LogP contribution in [0.15, 0.2) is 0 Å². The Hall–Kier alpha value is -0.900. The van der Waals surface area contributed by atoms with Gasteiger partial charge in [0.2, 0.25) is 0 Å². The van der Waals surface area contributed by atoms with E-state index >= 15 is 0 Å². The largest absolute Gasteiger partial charge is 0.466 e. The number of esters is 1. The smallest absolute Gasteiger partial charge is 0.305 e. The van der Waals surface area contributed by atoms with E-state index in [2.05, 4.69) is 0 Å². The first-order chi connectivity index (χ1) is 6.66. The first-order valence-electron chi connectivity index (χ1n) is 4.81. The number of rotatable bonds is 8. The fourth-order valence-corrected chi connectivity index (χ4v) is 0.943. The zero-order valence-electron chi connectivity index (χ0n) is 8.88. The average molecular weight is 234 g/mol. The third kappa shape index (κ3) is 15.6. The lowest BCUT2D eigenvalue weighted by Gasteiger charge is -2.03. The lowest BCUT2D eigenvalue weighted by molar-refractivity contribution is -0.144. The zero-order chi connectivity index (χ0) is 10.8. The number of carbonyl (C=O) groups is 2. The minimum absolute atomic E-state index is 0. The van der Waals surface area contributed by atoms with Crippen LogP contribution in [0.2, 0.25) is 0 Å². The molecule has 0 aromatic carbocycles. The summed E-state index contributed by atoms with van der Waals surface area (Å²) in [5.41, 5.74) is 0. The molecule has 0 rings (SSSR count). The van der Waals surface area contributed by atoms with Crippen molar-refractivity contribution in [3.05, 3.63) is 0 Å². The maximum Gasteiger partial charge on any atom is 0.305 e. The minimum Gasteiger partial charge on any atom is -0.466 e. The molecule has 0 heterocycles. The van der Waals surface area contributed by atoms with Crippen LogP contribution in [0.25, 0.3) is 0 Å². The minimum atomic E-state index is -0.234. The summed E-state index contributed by atoms with van der Waals surface area (Å²) >= 11 is 0. The van der Waals surface area contributed by atoms with Gasteiger partial charge in [-0.1, -0.05) is 14.9 Å². The number of methoxy groups -OCH3 is 1. The van der Waals surface area contributed by atoms with Crippen molar-refractivity contribution in [3.8, 4) is 0 Å². The molecule has 98 valence electrons. The van der Waals surface area contributed by atoms with E-state index in [0.717, 1.165) is 6.42 Å². The number of hydrogen-bond acceptors (Lipinski definition) is 4. The molecule has 0 saturated carbocycles. The van der Waals surface area contributed by atoms with Crippen LogP contribution < -0.4 is 0 Å². The molecular formula is C12H26O4. The summed E-state index contributed by atoms with van der Waals surface area (Å²) in [4.78, 5) is 21.6. The van der Waals surface area contributed by atoms with Crippen molar-refractivity contribution in [2.45, 2.75) is 47.5 Å². The van der Waals surface area contributed by atoms with Crippen LogP contribution in [0.3, 0.4) is 0 Å². The van der Waals surface area contributed by atoms with Crippen molar-refractivity contribution >= 4 is 11.8 Å². The Kier molecular flexibility index (Phi) is 18.1. The van der Waals surface area contributed by atoms with Crippen LogP contribution in [-0.4, -0.2) is 32.1 Å². The highest BCUT2D eigenvalue weighted by Crippen LogP contribution is 1.98. The summed E-state index contributed by atoms with van der Waals surface area (Å²) in [6, 6.07) is 0. The molecule has 16 heavy (non-hydrogen) atoms. The average Bonchev–Trinajstić information content (AvgIpc) is 2.12. The number of hydrogen-bond donors (Lipinski definition) is 0. The van der Waals surface area contributed by atoms with Gasteiger partial charge in [-0.25, -0.2) is 0 Å². The van der Waals surface area contributed by atoms with Gasteiger partial charge in [0.15, 0.2) is 0 Å². The van der Waals surface area contributed by atoms with Gasteiger partial charge in [-0.3, -0.25) is 4.79 Å². The molecule has 0 aromatic rings. The Labute approximate surface area is 99.3 Å². The highest BCUT2D eigenvalue weighted by Gasteiger charge is 2.03. The van der Waals surface area contributed by atoms with Gasteiger partial charge in [0, 0.05) is 33.0 Å². The summed E-state index contributed by atoms with van der Waals surface area (Å²) in [5.74, 6) is -0.125. The monoisotopic (exact) mass is 234 g/mol. The highest BCUT2D eigenvalue weighted by molar-refractivity contribution is 5.76. The number of carbonyl (C=O) groups excluding carboxylic acids is 2. The van der Waals surface area contributed by atoms with Crippen LogP contribution in [-0.2, 0) is 19.1 Å². The number of ketones is 1. The molecule has 0 unspecified atom stereocenters. The molecule has 0 fully saturated rings. The van der Waals surface area contributed by atoms with Crippen molar-refractivity contribution in [1.29, 1.82) is 0 Å². The number of Topliss-reactive ketones (excluding diaryl/α,β-unsaturated/α-hetero) is 1. The van der Waals surface area contributed by atoms with Crippen LogP contribution in [0.1, 0.15) is 47.5 Å². The van der Waals surface area contributed by atoms with Crippen LogP contribution in [0.5, 0.6) is 0 Å². The molecule has 0 aliphatic carbocycles. The SMILES string of the molecule is C.C.COCCCOC(=O)CCCC(C)=O. The molecule has 0 atom stereocenters. The Balaban J connectivity index is -0.000000845.